The molecule has 0 unspecified atom stereocenters. The van der Waals surface area contributed by atoms with Crippen molar-refractivity contribution in [3.63, 3.8) is 0 Å². The quantitative estimate of drug-likeness (QED) is 0.612. The van der Waals surface area contributed by atoms with Crippen LogP contribution in [-0.2, 0) is 16.0 Å². The van der Waals surface area contributed by atoms with E-state index in [1.54, 1.807) is 24.3 Å². The average molecular weight is 391 g/mol. The molecule has 1 amide bonds. The van der Waals surface area contributed by atoms with Gasteiger partial charge in [-0.2, -0.15) is 0 Å². The van der Waals surface area contributed by atoms with E-state index in [2.05, 4.69) is 15.3 Å². The van der Waals surface area contributed by atoms with Crippen molar-refractivity contribution >= 4 is 17.6 Å². The predicted octanol–water partition coefficient (Wildman–Crippen LogP) is 4.36. The molecule has 6 nitrogen and oxygen atoms in total. The highest BCUT2D eigenvalue weighted by molar-refractivity contribution is 5.96. The molecule has 0 radical (unpaired) electrons. The summed E-state index contributed by atoms with van der Waals surface area (Å²) >= 11 is 0. The first-order valence-corrected chi connectivity index (χ1v) is 9.58. The van der Waals surface area contributed by atoms with Crippen LogP contribution in [0.5, 0.6) is 0 Å². The SMILES string of the molecule is CCc1cccc(C)c1NC(=O)COC(=O)c1ccc(-c2nc(C)c(C)[nH]2)cc1. The minimum atomic E-state index is -0.543. The summed E-state index contributed by atoms with van der Waals surface area (Å²) < 4.78 is 5.17. The van der Waals surface area contributed by atoms with E-state index in [0.29, 0.717) is 5.56 Å². The third-order valence-electron chi connectivity index (χ3n) is 4.86. The Labute approximate surface area is 170 Å². The maximum atomic E-state index is 12.3. The number of benzene rings is 2. The second-order valence-corrected chi connectivity index (χ2v) is 6.96. The van der Waals surface area contributed by atoms with Gasteiger partial charge in [0.1, 0.15) is 5.82 Å². The first-order chi connectivity index (χ1) is 13.9. The molecule has 3 aromatic rings. The highest BCUT2D eigenvalue weighted by Gasteiger charge is 2.13. The number of ether oxygens (including phenoxy) is 1. The van der Waals surface area contributed by atoms with E-state index in [1.165, 1.54) is 0 Å². The van der Waals surface area contributed by atoms with Crippen molar-refractivity contribution in [3.05, 3.63) is 70.5 Å². The number of aromatic nitrogens is 2. The van der Waals surface area contributed by atoms with Gasteiger partial charge in [0.05, 0.1) is 11.3 Å². The summed E-state index contributed by atoms with van der Waals surface area (Å²) in [6.45, 7) is 7.52. The van der Waals surface area contributed by atoms with E-state index < -0.39 is 5.97 Å². The maximum Gasteiger partial charge on any atom is 0.338 e. The fraction of sp³-hybridized carbons (Fsp3) is 0.261. The molecule has 150 valence electrons. The van der Waals surface area contributed by atoms with Crippen molar-refractivity contribution in [2.45, 2.75) is 34.1 Å². The number of hydrogen-bond acceptors (Lipinski definition) is 4. The Balaban J connectivity index is 1.60. The van der Waals surface area contributed by atoms with Crippen molar-refractivity contribution in [2.75, 3.05) is 11.9 Å². The van der Waals surface area contributed by atoms with Crippen molar-refractivity contribution < 1.29 is 14.3 Å². The second kappa shape index (κ2) is 8.73. The maximum absolute atomic E-state index is 12.3. The topological polar surface area (TPSA) is 84.1 Å². The van der Waals surface area contributed by atoms with E-state index >= 15 is 0 Å². The van der Waals surface area contributed by atoms with Gasteiger partial charge in [0.2, 0.25) is 0 Å². The van der Waals surface area contributed by atoms with Gasteiger partial charge >= 0.3 is 5.97 Å². The molecule has 0 atom stereocenters. The van der Waals surface area contributed by atoms with Crippen molar-refractivity contribution in [2.24, 2.45) is 0 Å². The van der Waals surface area contributed by atoms with Crippen LogP contribution >= 0.6 is 0 Å². The van der Waals surface area contributed by atoms with E-state index in [0.717, 1.165) is 46.0 Å². The van der Waals surface area contributed by atoms with Crippen LogP contribution < -0.4 is 5.32 Å². The van der Waals surface area contributed by atoms with Crippen LogP contribution in [0.25, 0.3) is 11.4 Å². The molecule has 2 N–H and O–H groups in total. The number of para-hydroxylation sites is 1. The fourth-order valence-electron chi connectivity index (χ4n) is 3.04. The lowest BCUT2D eigenvalue weighted by molar-refractivity contribution is -0.119. The Morgan fingerprint density at radius 2 is 1.79 bits per heavy atom. The third kappa shape index (κ3) is 4.71. The highest BCUT2D eigenvalue weighted by Crippen LogP contribution is 2.21. The molecule has 0 aliphatic heterocycles. The zero-order chi connectivity index (χ0) is 21.0. The lowest BCUT2D eigenvalue weighted by Gasteiger charge is -2.13. The van der Waals surface area contributed by atoms with Crippen LogP contribution in [-0.4, -0.2) is 28.5 Å². The molecule has 0 fully saturated rings. The summed E-state index contributed by atoms with van der Waals surface area (Å²) in [7, 11) is 0. The molecular formula is C23H25N3O3. The monoisotopic (exact) mass is 391 g/mol. The molecule has 6 heteroatoms. The van der Waals surface area contributed by atoms with Gasteiger partial charge in [0.25, 0.3) is 5.91 Å². The highest BCUT2D eigenvalue weighted by atomic mass is 16.5. The normalized spacial score (nSPS) is 10.6. The Kier molecular flexibility index (Phi) is 6.12. The van der Waals surface area contributed by atoms with Gasteiger partial charge in [-0.1, -0.05) is 37.3 Å². The molecule has 3 rings (SSSR count). The predicted molar refractivity (Wildman–Crippen MR) is 113 cm³/mol. The molecule has 0 spiro atoms. The van der Waals surface area contributed by atoms with E-state index in [4.69, 9.17) is 4.74 Å². The Hall–Kier alpha value is -3.41. The molecule has 0 saturated heterocycles. The molecular weight excluding hydrogens is 366 g/mol. The number of H-pyrrole nitrogens is 1. The van der Waals surface area contributed by atoms with Crippen LogP contribution in [0, 0.1) is 20.8 Å². The summed E-state index contributed by atoms with van der Waals surface area (Å²) in [4.78, 5) is 32.2. The zero-order valence-corrected chi connectivity index (χ0v) is 17.1. The summed E-state index contributed by atoms with van der Waals surface area (Å²) in [5, 5.41) is 2.85. The summed E-state index contributed by atoms with van der Waals surface area (Å²) in [6.07, 6.45) is 0.804. The largest absolute Gasteiger partial charge is 0.452 e. The number of carbonyl (C=O) groups excluding carboxylic acids is 2. The van der Waals surface area contributed by atoms with E-state index in [1.807, 2.05) is 45.9 Å². The van der Waals surface area contributed by atoms with Gasteiger partial charge in [-0.3, -0.25) is 4.79 Å². The molecule has 1 heterocycles. The van der Waals surface area contributed by atoms with Gasteiger partial charge in [0.15, 0.2) is 6.61 Å². The van der Waals surface area contributed by atoms with Gasteiger partial charge in [0, 0.05) is 16.9 Å². The Bertz CT molecular complexity index is 1020. The number of aromatic amines is 1. The van der Waals surface area contributed by atoms with Crippen LogP contribution in [0.3, 0.4) is 0 Å². The van der Waals surface area contributed by atoms with Crippen molar-refractivity contribution in [3.8, 4) is 11.4 Å². The van der Waals surface area contributed by atoms with Crippen molar-refractivity contribution in [1.82, 2.24) is 9.97 Å². The number of esters is 1. The van der Waals surface area contributed by atoms with Crippen LogP contribution in [0.4, 0.5) is 5.69 Å². The number of rotatable bonds is 6. The molecule has 0 aliphatic carbocycles. The number of anilines is 1. The van der Waals surface area contributed by atoms with Gasteiger partial charge in [-0.15, -0.1) is 0 Å². The molecule has 0 bridgehead atoms. The first kappa shape index (κ1) is 20.3. The summed E-state index contributed by atoms with van der Waals surface area (Å²) in [6, 6.07) is 12.8. The van der Waals surface area contributed by atoms with Crippen LogP contribution in [0.1, 0.15) is 39.8 Å². The minimum absolute atomic E-state index is 0.339. The fourth-order valence-corrected chi connectivity index (χ4v) is 3.04. The molecule has 1 aromatic heterocycles. The summed E-state index contributed by atoms with van der Waals surface area (Å²) in [5.41, 5.74) is 6.01. The Morgan fingerprint density at radius 3 is 2.41 bits per heavy atom. The molecule has 0 aliphatic rings. The van der Waals surface area contributed by atoms with E-state index in [-0.39, 0.29) is 12.5 Å². The van der Waals surface area contributed by atoms with Crippen LogP contribution in [0.2, 0.25) is 0 Å². The zero-order valence-electron chi connectivity index (χ0n) is 17.1. The number of hydrogen-bond donors (Lipinski definition) is 2. The molecule has 0 saturated carbocycles. The number of nitrogens with one attached hydrogen (secondary N) is 2. The third-order valence-corrected chi connectivity index (χ3v) is 4.86. The van der Waals surface area contributed by atoms with Crippen LogP contribution in [0.15, 0.2) is 42.5 Å². The number of carbonyl (C=O) groups is 2. The lowest BCUT2D eigenvalue weighted by Crippen LogP contribution is -2.22. The van der Waals surface area contributed by atoms with Gasteiger partial charge in [-0.25, -0.2) is 9.78 Å². The van der Waals surface area contributed by atoms with Gasteiger partial charge < -0.3 is 15.0 Å². The number of imidazole rings is 1. The smallest absolute Gasteiger partial charge is 0.338 e. The number of nitrogens with zero attached hydrogens (tertiary/aromatic N) is 1. The minimum Gasteiger partial charge on any atom is -0.452 e. The number of amides is 1. The number of aryl methyl sites for hydroxylation is 4. The Morgan fingerprint density at radius 1 is 1.07 bits per heavy atom. The average Bonchev–Trinajstić information content (AvgIpc) is 3.06. The lowest BCUT2D eigenvalue weighted by atomic mass is 10.1. The second-order valence-electron chi connectivity index (χ2n) is 6.96. The van der Waals surface area contributed by atoms with Gasteiger partial charge in [-0.05, 0) is 50.5 Å². The standard InChI is InChI=1S/C23H25N3O3/c1-5-17-8-6-7-14(2)21(17)26-20(27)13-29-23(28)19-11-9-18(10-12-19)22-24-15(3)16(4)25-22/h6-12H,5,13H2,1-4H3,(H,24,25)(H,26,27). The van der Waals surface area contributed by atoms with Crippen molar-refractivity contribution in [1.29, 1.82) is 0 Å². The van der Waals surface area contributed by atoms with E-state index in [9.17, 15) is 9.59 Å². The first-order valence-electron chi connectivity index (χ1n) is 9.58. The molecule has 29 heavy (non-hydrogen) atoms. The summed E-state index contributed by atoms with van der Waals surface area (Å²) in [5.74, 6) is -0.149. The molecule has 2 aromatic carbocycles.